The lowest BCUT2D eigenvalue weighted by atomic mass is 9.95. The lowest BCUT2D eigenvalue weighted by Crippen LogP contribution is -2.36. The number of carbonyl (C=O) groups is 1. The van der Waals surface area contributed by atoms with E-state index >= 15 is 0 Å². The molecule has 20 heavy (non-hydrogen) atoms. The van der Waals surface area contributed by atoms with Crippen LogP contribution in [0.25, 0.3) is 0 Å². The zero-order chi connectivity index (χ0) is 15.4. The molecular formula is C17H35NO2. The van der Waals surface area contributed by atoms with Crippen molar-refractivity contribution in [3.05, 3.63) is 0 Å². The van der Waals surface area contributed by atoms with E-state index < -0.39 is 0 Å². The Morgan fingerprint density at radius 1 is 1.10 bits per heavy atom. The molecule has 0 aliphatic carbocycles. The molecular weight excluding hydrogens is 250 g/mol. The van der Waals surface area contributed by atoms with E-state index in [2.05, 4.69) is 37.3 Å². The van der Waals surface area contributed by atoms with E-state index in [1.54, 1.807) is 0 Å². The van der Waals surface area contributed by atoms with E-state index in [1.165, 1.54) is 45.9 Å². The standard InChI is InChI=1S/C17H35NO2/c1-6-10-16(11-8-9-12-17(19)20-5)14-18(13-7-2)15(3)4/h15-16H,6-14H2,1-5H3/t16-/m1/s1. The van der Waals surface area contributed by atoms with Gasteiger partial charge in [-0.3, -0.25) is 4.79 Å². The largest absolute Gasteiger partial charge is 0.469 e. The molecule has 0 N–H and O–H groups in total. The smallest absolute Gasteiger partial charge is 0.305 e. The van der Waals surface area contributed by atoms with Gasteiger partial charge in [0.05, 0.1) is 7.11 Å². The second-order valence-corrected chi connectivity index (χ2v) is 6.07. The minimum atomic E-state index is -0.0770. The summed E-state index contributed by atoms with van der Waals surface area (Å²) < 4.78 is 4.69. The SMILES string of the molecule is CCC[C@H](CCCCC(=O)OC)CN(CCC)C(C)C. The molecule has 0 heterocycles. The number of hydrogen-bond acceptors (Lipinski definition) is 3. The molecule has 0 saturated carbocycles. The Hall–Kier alpha value is -0.570. The molecule has 0 aromatic rings. The molecule has 0 saturated heterocycles. The number of carbonyl (C=O) groups excluding carboxylic acids is 1. The maximum absolute atomic E-state index is 11.1. The zero-order valence-electron chi connectivity index (χ0n) is 14.3. The summed E-state index contributed by atoms with van der Waals surface area (Å²) in [7, 11) is 1.47. The van der Waals surface area contributed by atoms with Gasteiger partial charge in [0, 0.05) is 19.0 Å². The number of unbranched alkanes of at least 4 members (excludes halogenated alkanes) is 1. The van der Waals surface area contributed by atoms with Crippen LogP contribution < -0.4 is 0 Å². The molecule has 1 atom stereocenters. The molecule has 3 heteroatoms. The fraction of sp³-hybridized carbons (Fsp3) is 0.941. The molecule has 120 valence electrons. The van der Waals surface area contributed by atoms with Gasteiger partial charge in [0.2, 0.25) is 0 Å². The highest BCUT2D eigenvalue weighted by molar-refractivity contribution is 5.68. The van der Waals surface area contributed by atoms with Crippen molar-refractivity contribution in [2.75, 3.05) is 20.2 Å². The predicted molar refractivity (Wildman–Crippen MR) is 85.9 cm³/mol. The monoisotopic (exact) mass is 285 g/mol. The highest BCUT2D eigenvalue weighted by Gasteiger charge is 2.15. The Kier molecular flexibility index (Phi) is 11.8. The van der Waals surface area contributed by atoms with Crippen molar-refractivity contribution in [3.63, 3.8) is 0 Å². The van der Waals surface area contributed by atoms with E-state index in [1.807, 2.05) is 0 Å². The van der Waals surface area contributed by atoms with E-state index in [0.29, 0.717) is 12.5 Å². The summed E-state index contributed by atoms with van der Waals surface area (Å²) in [6, 6.07) is 0.629. The third-order valence-electron chi connectivity index (χ3n) is 3.90. The summed E-state index contributed by atoms with van der Waals surface area (Å²) in [5.74, 6) is 0.693. The van der Waals surface area contributed by atoms with Crippen molar-refractivity contribution >= 4 is 5.97 Å². The number of hydrogen-bond donors (Lipinski definition) is 0. The highest BCUT2D eigenvalue weighted by atomic mass is 16.5. The van der Waals surface area contributed by atoms with Crippen LogP contribution in [0, 0.1) is 5.92 Å². The first kappa shape index (κ1) is 19.4. The summed E-state index contributed by atoms with van der Waals surface area (Å²) >= 11 is 0. The number of esters is 1. The van der Waals surface area contributed by atoms with E-state index in [-0.39, 0.29) is 5.97 Å². The van der Waals surface area contributed by atoms with Gasteiger partial charge in [-0.15, -0.1) is 0 Å². The highest BCUT2D eigenvalue weighted by Crippen LogP contribution is 2.18. The first-order valence-electron chi connectivity index (χ1n) is 8.35. The molecule has 0 amide bonds. The van der Waals surface area contributed by atoms with E-state index in [9.17, 15) is 4.79 Å². The van der Waals surface area contributed by atoms with Crippen molar-refractivity contribution in [1.82, 2.24) is 4.90 Å². The van der Waals surface area contributed by atoms with Gasteiger partial charge in [0.15, 0.2) is 0 Å². The lowest BCUT2D eigenvalue weighted by Gasteiger charge is -2.30. The number of rotatable bonds is 12. The molecule has 0 bridgehead atoms. The van der Waals surface area contributed by atoms with Crippen molar-refractivity contribution < 1.29 is 9.53 Å². The fourth-order valence-electron chi connectivity index (χ4n) is 2.72. The Labute approximate surface area is 126 Å². The van der Waals surface area contributed by atoms with Gasteiger partial charge in [0.25, 0.3) is 0 Å². The topological polar surface area (TPSA) is 29.5 Å². The van der Waals surface area contributed by atoms with Crippen molar-refractivity contribution in [2.24, 2.45) is 5.92 Å². The quantitative estimate of drug-likeness (QED) is 0.396. The molecule has 3 nitrogen and oxygen atoms in total. The van der Waals surface area contributed by atoms with Crippen LogP contribution in [0.3, 0.4) is 0 Å². The fourth-order valence-corrected chi connectivity index (χ4v) is 2.72. The van der Waals surface area contributed by atoms with E-state index in [0.717, 1.165) is 18.8 Å². The number of methoxy groups -OCH3 is 1. The third kappa shape index (κ3) is 9.35. The second kappa shape index (κ2) is 12.2. The molecule has 0 radical (unpaired) electrons. The average Bonchev–Trinajstić information content (AvgIpc) is 2.42. The van der Waals surface area contributed by atoms with Crippen LogP contribution in [0.15, 0.2) is 0 Å². The maximum atomic E-state index is 11.1. The van der Waals surface area contributed by atoms with Gasteiger partial charge in [-0.05, 0) is 52.0 Å². The molecule has 0 rings (SSSR count). The minimum absolute atomic E-state index is 0.0770. The summed E-state index contributed by atoms with van der Waals surface area (Å²) in [5.41, 5.74) is 0. The van der Waals surface area contributed by atoms with Crippen LogP contribution in [-0.2, 0) is 9.53 Å². The third-order valence-corrected chi connectivity index (χ3v) is 3.90. The van der Waals surface area contributed by atoms with Crippen LogP contribution in [0.2, 0.25) is 0 Å². The van der Waals surface area contributed by atoms with Gasteiger partial charge in [-0.2, -0.15) is 0 Å². The second-order valence-electron chi connectivity index (χ2n) is 6.07. The van der Waals surface area contributed by atoms with Crippen LogP contribution in [0.4, 0.5) is 0 Å². The molecule has 0 aliphatic rings. The van der Waals surface area contributed by atoms with Crippen LogP contribution in [0.5, 0.6) is 0 Å². The summed E-state index contributed by atoms with van der Waals surface area (Å²) in [5, 5.41) is 0. The summed E-state index contributed by atoms with van der Waals surface area (Å²) in [6.07, 6.45) is 7.67. The van der Waals surface area contributed by atoms with Gasteiger partial charge >= 0.3 is 5.97 Å². The van der Waals surface area contributed by atoms with Gasteiger partial charge < -0.3 is 9.64 Å². The Morgan fingerprint density at radius 2 is 1.80 bits per heavy atom. The van der Waals surface area contributed by atoms with Crippen molar-refractivity contribution in [3.8, 4) is 0 Å². The van der Waals surface area contributed by atoms with Gasteiger partial charge in [-0.25, -0.2) is 0 Å². The van der Waals surface area contributed by atoms with Gasteiger partial charge in [0.1, 0.15) is 0 Å². The molecule has 0 aromatic carbocycles. The first-order valence-corrected chi connectivity index (χ1v) is 8.35. The summed E-state index contributed by atoms with van der Waals surface area (Å²) in [4.78, 5) is 13.7. The summed E-state index contributed by atoms with van der Waals surface area (Å²) in [6.45, 7) is 11.5. The molecule has 0 fully saturated rings. The Bertz CT molecular complexity index is 241. The Balaban J connectivity index is 4.10. The molecule has 0 unspecified atom stereocenters. The van der Waals surface area contributed by atoms with Crippen LogP contribution in [-0.4, -0.2) is 37.1 Å². The first-order chi connectivity index (χ1) is 9.54. The average molecular weight is 285 g/mol. The maximum Gasteiger partial charge on any atom is 0.305 e. The van der Waals surface area contributed by atoms with Crippen LogP contribution >= 0.6 is 0 Å². The minimum Gasteiger partial charge on any atom is -0.469 e. The number of nitrogens with zero attached hydrogens (tertiary/aromatic N) is 1. The lowest BCUT2D eigenvalue weighted by molar-refractivity contribution is -0.140. The molecule has 0 aliphatic heterocycles. The Morgan fingerprint density at radius 3 is 2.30 bits per heavy atom. The normalized spacial score (nSPS) is 12.9. The van der Waals surface area contributed by atoms with Crippen molar-refractivity contribution in [2.45, 2.75) is 78.7 Å². The van der Waals surface area contributed by atoms with Crippen LogP contribution in [0.1, 0.15) is 72.6 Å². The molecule has 0 aromatic heterocycles. The van der Waals surface area contributed by atoms with Crippen molar-refractivity contribution in [1.29, 1.82) is 0 Å². The predicted octanol–water partition coefficient (Wildman–Crippen LogP) is 4.26. The van der Waals surface area contributed by atoms with E-state index in [4.69, 9.17) is 0 Å². The van der Waals surface area contributed by atoms with Gasteiger partial charge in [-0.1, -0.05) is 26.7 Å². The molecule has 0 spiro atoms. The zero-order valence-corrected chi connectivity index (χ0v) is 14.3. The number of ether oxygens (including phenoxy) is 1.